The molecule has 150 valence electrons. The van der Waals surface area contributed by atoms with Crippen molar-refractivity contribution in [3.63, 3.8) is 0 Å². The Morgan fingerprint density at radius 3 is 2.44 bits per heavy atom. The number of piperazine rings is 1. The molecule has 8 heteroatoms. The molecule has 2 aliphatic heterocycles. The minimum Gasteiger partial charge on any atom is -0.335 e. The van der Waals surface area contributed by atoms with Gasteiger partial charge in [-0.3, -0.25) is 4.79 Å². The minimum atomic E-state index is -3.61. The smallest absolute Gasteiger partial charge is 0.278 e. The number of carbonyl (C=O) groups excluding carboxylic acids is 1. The summed E-state index contributed by atoms with van der Waals surface area (Å²) in [5.74, 6) is -0.267. The van der Waals surface area contributed by atoms with Crippen LogP contribution in [0.3, 0.4) is 0 Å². The van der Waals surface area contributed by atoms with Crippen LogP contribution >= 0.6 is 0 Å². The van der Waals surface area contributed by atoms with Crippen molar-refractivity contribution in [3.8, 4) is 0 Å². The van der Waals surface area contributed by atoms with Crippen LogP contribution in [0.2, 0.25) is 0 Å². The van der Waals surface area contributed by atoms with Gasteiger partial charge in [0, 0.05) is 12.6 Å². The Labute approximate surface area is 161 Å². The highest BCUT2D eigenvalue weighted by molar-refractivity contribution is 7.89. The van der Waals surface area contributed by atoms with Crippen LogP contribution in [-0.2, 0) is 14.8 Å². The van der Waals surface area contributed by atoms with E-state index in [0.29, 0.717) is 38.8 Å². The SMILES string of the molecule is CC[C@H]1CCCCN1C(=O)C[NH+]1CCN(S(=O)(=O)c2ccc(F)cc2)CC1. The van der Waals surface area contributed by atoms with Gasteiger partial charge in [-0.2, -0.15) is 4.31 Å². The first-order valence-corrected chi connectivity index (χ1v) is 11.2. The van der Waals surface area contributed by atoms with Crippen LogP contribution in [0.1, 0.15) is 32.6 Å². The zero-order valence-corrected chi connectivity index (χ0v) is 16.7. The van der Waals surface area contributed by atoms with Gasteiger partial charge in [-0.15, -0.1) is 0 Å². The van der Waals surface area contributed by atoms with E-state index in [9.17, 15) is 17.6 Å². The van der Waals surface area contributed by atoms with Gasteiger partial charge >= 0.3 is 0 Å². The lowest BCUT2D eigenvalue weighted by atomic mass is 10.00. The Hall–Kier alpha value is -1.51. The van der Waals surface area contributed by atoms with Crippen LogP contribution in [0.5, 0.6) is 0 Å². The molecule has 0 spiro atoms. The molecule has 1 aromatic rings. The Balaban J connectivity index is 1.55. The maximum atomic E-state index is 13.0. The number of likely N-dealkylation sites (tertiary alicyclic amines) is 1. The second-order valence-electron chi connectivity index (χ2n) is 7.43. The number of hydrogen-bond donors (Lipinski definition) is 1. The number of nitrogens with one attached hydrogen (secondary N) is 1. The first-order chi connectivity index (χ1) is 12.9. The average Bonchev–Trinajstić information content (AvgIpc) is 2.68. The van der Waals surface area contributed by atoms with E-state index in [1.54, 1.807) is 0 Å². The van der Waals surface area contributed by atoms with E-state index in [4.69, 9.17) is 0 Å². The predicted octanol–water partition coefficient (Wildman–Crippen LogP) is 0.506. The summed E-state index contributed by atoms with van der Waals surface area (Å²) in [6, 6.07) is 5.28. The standard InChI is InChI=1S/C19H28FN3O3S/c1-2-17-5-3-4-10-23(17)19(24)15-21-11-13-22(14-12-21)27(25,26)18-8-6-16(20)7-9-18/h6-9,17H,2-5,10-15H2,1H3/p+1/t17-/m0/s1. The Morgan fingerprint density at radius 2 is 1.81 bits per heavy atom. The number of benzene rings is 1. The van der Waals surface area contributed by atoms with E-state index in [2.05, 4.69) is 6.92 Å². The number of nitrogens with zero attached hydrogens (tertiary/aromatic N) is 2. The lowest BCUT2D eigenvalue weighted by molar-refractivity contribution is -0.896. The van der Waals surface area contributed by atoms with Gasteiger partial charge in [0.15, 0.2) is 6.54 Å². The number of rotatable bonds is 5. The molecule has 0 aromatic heterocycles. The molecule has 3 rings (SSSR count). The summed E-state index contributed by atoms with van der Waals surface area (Å²) in [5, 5.41) is 0. The van der Waals surface area contributed by atoms with E-state index < -0.39 is 15.8 Å². The average molecular weight is 399 g/mol. The topological polar surface area (TPSA) is 62.1 Å². The van der Waals surface area contributed by atoms with Gasteiger partial charge in [0.1, 0.15) is 5.82 Å². The highest BCUT2D eigenvalue weighted by Gasteiger charge is 2.33. The maximum absolute atomic E-state index is 13.0. The van der Waals surface area contributed by atoms with Crippen LogP contribution in [0, 0.1) is 5.82 Å². The van der Waals surface area contributed by atoms with E-state index in [1.807, 2.05) is 4.90 Å². The number of hydrogen-bond acceptors (Lipinski definition) is 3. The summed E-state index contributed by atoms with van der Waals surface area (Å²) >= 11 is 0. The zero-order chi connectivity index (χ0) is 19.4. The van der Waals surface area contributed by atoms with Gasteiger partial charge < -0.3 is 9.80 Å². The molecule has 1 atom stereocenters. The number of halogens is 1. The lowest BCUT2D eigenvalue weighted by Crippen LogP contribution is -3.15. The molecule has 0 aliphatic carbocycles. The normalized spacial score (nSPS) is 22.7. The maximum Gasteiger partial charge on any atom is 0.278 e. The number of carbonyl (C=O) groups is 1. The van der Waals surface area contributed by atoms with Crippen molar-refractivity contribution >= 4 is 15.9 Å². The molecule has 1 N–H and O–H groups in total. The number of amides is 1. The number of sulfonamides is 1. The fourth-order valence-corrected chi connectivity index (χ4v) is 5.49. The highest BCUT2D eigenvalue weighted by atomic mass is 32.2. The Kier molecular flexibility index (Phi) is 6.49. The molecule has 1 amide bonds. The van der Waals surface area contributed by atoms with E-state index in [-0.39, 0.29) is 10.8 Å². The molecule has 0 bridgehead atoms. The first kappa shape index (κ1) is 20.2. The second-order valence-corrected chi connectivity index (χ2v) is 9.37. The van der Waals surface area contributed by atoms with Crippen molar-refractivity contribution in [3.05, 3.63) is 30.1 Å². The summed E-state index contributed by atoms with van der Waals surface area (Å²) in [6.45, 7) is 5.37. The molecule has 2 fully saturated rings. The Bertz CT molecular complexity index is 746. The monoisotopic (exact) mass is 398 g/mol. The molecule has 27 heavy (non-hydrogen) atoms. The second kappa shape index (κ2) is 8.67. The summed E-state index contributed by atoms with van der Waals surface area (Å²) < 4.78 is 39.8. The third-order valence-corrected chi connectivity index (χ3v) is 7.61. The molecular weight excluding hydrogens is 369 g/mol. The van der Waals surface area contributed by atoms with Crippen LogP contribution in [0.4, 0.5) is 4.39 Å². The largest absolute Gasteiger partial charge is 0.335 e. The fraction of sp³-hybridized carbons (Fsp3) is 0.632. The van der Waals surface area contributed by atoms with Gasteiger partial charge in [0.2, 0.25) is 10.0 Å². The van der Waals surface area contributed by atoms with Gasteiger partial charge in [0.05, 0.1) is 31.1 Å². The molecule has 0 radical (unpaired) electrons. The van der Waals surface area contributed by atoms with E-state index in [1.165, 1.54) is 22.9 Å². The summed E-state index contributed by atoms with van der Waals surface area (Å²) in [7, 11) is -3.61. The molecule has 2 saturated heterocycles. The number of quaternary nitrogens is 1. The molecular formula is C19H29FN3O3S+. The van der Waals surface area contributed by atoms with Crippen LogP contribution < -0.4 is 4.90 Å². The van der Waals surface area contributed by atoms with Crippen LogP contribution in [-0.4, -0.2) is 68.8 Å². The van der Waals surface area contributed by atoms with Crippen molar-refractivity contribution in [2.45, 2.75) is 43.5 Å². The molecule has 0 unspecified atom stereocenters. The third-order valence-electron chi connectivity index (χ3n) is 5.70. The van der Waals surface area contributed by atoms with Crippen molar-refractivity contribution in [1.29, 1.82) is 0 Å². The van der Waals surface area contributed by atoms with Gasteiger partial charge in [-0.05, 0) is 49.9 Å². The fourth-order valence-electron chi connectivity index (χ4n) is 4.04. The van der Waals surface area contributed by atoms with E-state index in [0.717, 1.165) is 42.8 Å². The molecule has 0 saturated carbocycles. The quantitative estimate of drug-likeness (QED) is 0.786. The van der Waals surface area contributed by atoms with Crippen molar-refractivity contribution < 1.29 is 22.5 Å². The Morgan fingerprint density at radius 1 is 1.15 bits per heavy atom. The van der Waals surface area contributed by atoms with Crippen LogP contribution in [0.15, 0.2) is 29.2 Å². The minimum absolute atomic E-state index is 0.113. The lowest BCUT2D eigenvalue weighted by Gasteiger charge is -2.37. The van der Waals surface area contributed by atoms with E-state index >= 15 is 0 Å². The van der Waals surface area contributed by atoms with Crippen molar-refractivity contribution in [1.82, 2.24) is 9.21 Å². The predicted molar refractivity (Wildman–Crippen MR) is 100 cm³/mol. The first-order valence-electron chi connectivity index (χ1n) is 9.80. The molecule has 2 heterocycles. The highest BCUT2D eigenvalue weighted by Crippen LogP contribution is 2.19. The van der Waals surface area contributed by atoms with Gasteiger partial charge in [0.25, 0.3) is 5.91 Å². The third kappa shape index (κ3) is 4.67. The molecule has 1 aromatic carbocycles. The van der Waals surface area contributed by atoms with Gasteiger partial charge in [-0.25, -0.2) is 12.8 Å². The zero-order valence-electron chi connectivity index (χ0n) is 15.9. The molecule has 6 nitrogen and oxygen atoms in total. The van der Waals surface area contributed by atoms with Crippen LogP contribution in [0.25, 0.3) is 0 Å². The summed E-state index contributed by atoms with van der Waals surface area (Å²) in [4.78, 5) is 16.0. The van der Waals surface area contributed by atoms with Gasteiger partial charge in [-0.1, -0.05) is 6.92 Å². The number of piperidine rings is 1. The summed E-state index contributed by atoms with van der Waals surface area (Å²) in [6.07, 6.45) is 4.34. The van der Waals surface area contributed by atoms with Crippen molar-refractivity contribution in [2.24, 2.45) is 0 Å². The van der Waals surface area contributed by atoms with Crippen molar-refractivity contribution in [2.75, 3.05) is 39.3 Å². The molecule has 2 aliphatic rings. The summed E-state index contributed by atoms with van der Waals surface area (Å²) in [5.41, 5.74) is 0.